The molecular formula is C12H14N2O2. The van der Waals surface area contributed by atoms with Crippen LogP contribution in [0.3, 0.4) is 0 Å². The first-order chi connectivity index (χ1) is 7.77. The van der Waals surface area contributed by atoms with Gasteiger partial charge in [0.2, 0.25) is 11.8 Å². The van der Waals surface area contributed by atoms with Gasteiger partial charge in [0, 0.05) is 7.05 Å². The van der Waals surface area contributed by atoms with Crippen molar-refractivity contribution in [1.82, 2.24) is 9.78 Å². The topological polar surface area (TPSA) is 36.3 Å². The van der Waals surface area contributed by atoms with Gasteiger partial charge in [-0.05, 0) is 5.56 Å². The molecule has 1 aromatic heterocycles. The molecule has 0 bridgehead atoms. The maximum Gasteiger partial charge on any atom is 0.244 e. The average molecular weight is 218 g/mol. The molecule has 16 heavy (non-hydrogen) atoms. The van der Waals surface area contributed by atoms with E-state index in [1.54, 1.807) is 18.9 Å². The summed E-state index contributed by atoms with van der Waals surface area (Å²) in [5.74, 6) is 1.27. The summed E-state index contributed by atoms with van der Waals surface area (Å²) < 4.78 is 12.3. The molecule has 0 saturated carbocycles. The van der Waals surface area contributed by atoms with Crippen LogP contribution in [0.1, 0.15) is 0 Å². The SMILES string of the molecule is COc1nn(C)c(OC)c1-c1ccccc1. The molecule has 0 aliphatic rings. The second kappa shape index (κ2) is 4.26. The Kier molecular flexibility index (Phi) is 2.81. The molecule has 0 N–H and O–H groups in total. The molecule has 0 saturated heterocycles. The Bertz CT molecular complexity index is 477. The lowest BCUT2D eigenvalue weighted by Gasteiger charge is -2.04. The third kappa shape index (κ3) is 1.62. The largest absolute Gasteiger partial charge is 0.481 e. The molecule has 0 unspecified atom stereocenters. The van der Waals surface area contributed by atoms with E-state index in [4.69, 9.17) is 9.47 Å². The van der Waals surface area contributed by atoms with Gasteiger partial charge in [-0.1, -0.05) is 30.3 Å². The number of methoxy groups -OCH3 is 2. The third-order valence-electron chi connectivity index (χ3n) is 2.41. The van der Waals surface area contributed by atoms with Crippen LogP contribution in [-0.4, -0.2) is 24.0 Å². The van der Waals surface area contributed by atoms with Crippen LogP contribution in [0.25, 0.3) is 11.1 Å². The van der Waals surface area contributed by atoms with Crippen molar-refractivity contribution in [2.75, 3.05) is 14.2 Å². The van der Waals surface area contributed by atoms with Crippen LogP contribution in [0.15, 0.2) is 30.3 Å². The van der Waals surface area contributed by atoms with Gasteiger partial charge >= 0.3 is 0 Å². The number of ether oxygens (including phenoxy) is 2. The summed E-state index contributed by atoms with van der Waals surface area (Å²) in [7, 11) is 5.06. The van der Waals surface area contributed by atoms with Crippen molar-refractivity contribution < 1.29 is 9.47 Å². The Morgan fingerprint density at radius 1 is 1.06 bits per heavy atom. The molecule has 1 heterocycles. The molecular weight excluding hydrogens is 204 g/mol. The zero-order valence-electron chi connectivity index (χ0n) is 9.60. The van der Waals surface area contributed by atoms with Gasteiger partial charge in [0.15, 0.2) is 0 Å². The molecule has 4 heteroatoms. The summed E-state index contributed by atoms with van der Waals surface area (Å²) in [6.45, 7) is 0. The van der Waals surface area contributed by atoms with E-state index in [-0.39, 0.29) is 0 Å². The van der Waals surface area contributed by atoms with Crippen molar-refractivity contribution >= 4 is 0 Å². The first-order valence-corrected chi connectivity index (χ1v) is 4.98. The fraction of sp³-hybridized carbons (Fsp3) is 0.250. The van der Waals surface area contributed by atoms with Crippen molar-refractivity contribution in [2.45, 2.75) is 0 Å². The van der Waals surface area contributed by atoms with Gasteiger partial charge in [-0.15, -0.1) is 5.10 Å². The minimum Gasteiger partial charge on any atom is -0.481 e. The highest BCUT2D eigenvalue weighted by atomic mass is 16.5. The summed E-state index contributed by atoms with van der Waals surface area (Å²) in [6, 6.07) is 9.92. The first kappa shape index (κ1) is 10.5. The molecule has 84 valence electrons. The first-order valence-electron chi connectivity index (χ1n) is 4.98. The summed E-state index contributed by atoms with van der Waals surface area (Å²) in [4.78, 5) is 0. The van der Waals surface area contributed by atoms with Crippen LogP contribution in [0.5, 0.6) is 11.8 Å². The number of nitrogens with zero attached hydrogens (tertiary/aromatic N) is 2. The quantitative estimate of drug-likeness (QED) is 0.791. The van der Waals surface area contributed by atoms with Crippen LogP contribution in [0.2, 0.25) is 0 Å². The van der Waals surface area contributed by atoms with Crippen molar-refractivity contribution in [1.29, 1.82) is 0 Å². The van der Waals surface area contributed by atoms with Gasteiger partial charge in [-0.3, -0.25) is 0 Å². The van der Waals surface area contributed by atoms with Gasteiger partial charge in [0.25, 0.3) is 0 Å². The zero-order valence-corrected chi connectivity index (χ0v) is 9.60. The van der Waals surface area contributed by atoms with Crippen LogP contribution < -0.4 is 9.47 Å². The summed E-state index contributed by atoms with van der Waals surface area (Å²) in [5.41, 5.74) is 1.91. The summed E-state index contributed by atoms with van der Waals surface area (Å²) in [5, 5.41) is 4.25. The summed E-state index contributed by atoms with van der Waals surface area (Å²) >= 11 is 0. The monoisotopic (exact) mass is 218 g/mol. The van der Waals surface area contributed by atoms with E-state index in [1.807, 2.05) is 37.4 Å². The van der Waals surface area contributed by atoms with Crippen LogP contribution >= 0.6 is 0 Å². The second-order valence-electron chi connectivity index (χ2n) is 3.38. The number of aryl methyl sites for hydroxylation is 1. The molecule has 0 radical (unpaired) electrons. The second-order valence-corrected chi connectivity index (χ2v) is 3.38. The van der Waals surface area contributed by atoms with Crippen LogP contribution in [0, 0.1) is 0 Å². The van der Waals surface area contributed by atoms with Gasteiger partial charge < -0.3 is 9.47 Å². The van der Waals surface area contributed by atoms with E-state index in [1.165, 1.54) is 0 Å². The van der Waals surface area contributed by atoms with E-state index in [9.17, 15) is 0 Å². The number of aromatic nitrogens is 2. The van der Waals surface area contributed by atoms with E-state index in [0.717, 1.165) is 11.1 Å². The van der Waals surface area contributed by atoms with Crippen LogP contribution in [0.4, 0.5) is 0 Å². The molecule has 0 amide bonds. The fourth-order valence-electron chi connectivity index (χ4n) is 1.71. The predicted molar refractivity (Wildman–Crippen MR) is 61.7 cm³/mol. The Morgan fingerprint density at radius 3 is 2.31 bits per heavy atom. The van der Waals surface area contributed by atoms with Gasteiger partial charge in [-0.25, -0.2) is 4.68 Å². The highest BCUT2D eigenvalue weighted by molar-refractivity contribution is 5.74. The van der Waals surface area contributed by atoms with E-state index >= 15 is 0 Å². The molecule has 0 atom stereocenters. The number of hydrogen-bond donors (Lipinski definition) is 0. The Morgan fingerprint density at radius 2 is 1.75 bits per heavy atom. The predicted octanol–water partition coefficient (Wildman–Crippen LogP) is 2.10. The lowest BCUT2D eigenvalue weighted by Crippen LogP contribution is -1.95. The highest BCUT2D eigenvalue weighted by Crippen LogP contribution is 2.37. The maximum absolute atomic E-state index is 5.33. The number of rotatable bonds is 3. The van der Waals surface area contributed by atoms with E-state index < -0.39 is 0 Å². The van der Waals surface area contributed by atoms with Crippen molar-refractivity contribution in [2.24, 2.45) is 7.05 Å². The molecule has 0 aliphatic heterocycles. The summed E-state index contributed by atoms with van der Waals surface area (Å²) in [6.07, 6.45) is 0. The standard InChI is InChI=1S/C12H14N2O2/c1-14-12(16-3)10(11(13-14)15-2)9-7-5-4-6-8-9/h4-8H,1-3H3. The van der Waals surface area contributed by atoms with Crippen molar-refractivity contribution in [3.63, 3.8) is 0 Å². The number of benzene rings is 1. The smallest absolute Gasteiger partial charge is 0.244 e. The molecule has 2 aromatic rings. The molecule has 4 nitrogen and oxygen atoms in total. The molecule has 2 rings (SSSR count). The lowest BCUT2D eigenvalue weighted by atomic mass is 10.1. The Hall–Kier alpha value is -1.97. The van der Waals surface area contributed by atoms with Gasteiger partial charge in [0.05, 0.1) is 14.2 Å². The van der Waals surface area contributed by atoms with Crippen molar-refractivity contribution in [3.8, 4) is 22.9 Å². The van der Waals surface area contributed by atoms with E-state index in [0.29, 0.717) is 11.8 Å². The third-order valence-corrected chi connectivity index (χ3v) is 2.41. The van der Waals surface area contributed by atoms with Crippen molar-refractivity contribution in [3.05, 3.63) is 30.3 Å². The minimum atomic E-state index is 0.575. The van der Waals surface area contributed by atoms with Gasteiger partial charge in [-0.2, -0.15) is 0 Å². The normalized spacial score (nSPS) is 10.2. The zero-order chi connectivity index (χ0) is 11.5. The molecule has 0 aliphatic carbocycles. The van der Waals surface area contributed by atoms with Gasteiger partial charge in [0.1, 0.15) is 5.56 Å². The van der Waals surface area contributed by atoms with Crippen LogP contribution in [-0.2, 0) is 7.05 Å². The lowest BCUT2D eigenvalue weighted by molar-refractivity contribution is 0.371. The fourth-order valence-corrected chi connectivity index (χ4v) is 1.71. The Labute approximate surface area is 94.4 Å². The molecule has 1 aromatic carbocycles. The molecule has 0 fully saturated rings. The maximum atomic E-state index is 5.33. The van der Waals surface area contributed by atoms with E-state index in [2.05, 4.69) is 5.10 Å². The number of hydrogen-bond acceptors (Lipinski definition) is 3. The molecule has 0 spiro atoms. The average Bonchev–Trinajstić information content (AvgIpc) is 2.66. The highest BCUT2D eigenvalue weighted by Gasteiger charge is 2.18. The Balaban J connectivity index is 2.62. The minimum absolute atomic E-state index is 0.575.